The molecule has 1 amide bonds. The molecule has 0 aliphatic carbocycles. The molecule has 1 fully saturated rings. The van der Waals surface area contributed by atoms with E-state index in [-0.39, 0.29) is 12.0 Å². The summed E-state index contributed by atoms with van der Waals surface area (Å²) in [5.74, 6) is 0.419. The van der Waals surface area contributed by atoms with E-state index in [0.29, 0.717) is 31.8 Å². The maximum Gasteiger partial charge on any atom is 0.223 e. The summed E-state index contributed by atoms with van der Waals surface area (Å²) in [6, 6.07) is 0. The molecule has 3 nitrogen and oxygen atoms in total. The number of nitrogens with zero attached hydrogens (tertiary/aromatic N) is 1. The van der Waals surface area contributed by atoms with E-state index in [1.54, 1.807) is 4.90 Å². The van der Waals surface area contributed by atoms with Crippen LogP contribution in [0.2, 0.25) is 0 Å². The monoisotopic (exact) mass is 177 g/mol. The van der Waals surface area contributed by atoms with Crippen LogP contribution in [0.25, 0.3) is 0 Å². The second-order valence-electron chi connectivity index (χ2n) is 2.72. The number of alkyl halides is 1. The quantitative estimate of drug-likeness (QED) is 0.613. The van der Waals surface area contributed by atoms with Gasteiger partial charge in [-0.2, -0.15) is 0 Å². The van der Waals surface area contributed by atoms with E-state index in [1.807, 2.05) is 0 Å². The lowest BCUT2D eigenvalue weighted by Gasteiger charge is -2.13. The molecule has 0 aromatic rings. The molecule has 1 rings (SSSR count). The van der Waals surface area contributed by atoms with Crippen molar-refractivity contribution in [1.82, 2.24) is 4.90 Å². The number of halogens is 1. The summed E-state index contributed by atoms with van der Waals surface area (Å²) in [6.07, 6.45) is 0.761. The molecule has 0 unspecified atom stereocenters. The van der Waals surface area contributed by atoms with Crippen LogP contribution in [0.3, 0.4) is 0 Å². The molecule has 0 aromatic carbocycles. The van der Waals surface area contributed by atoms with Gasteiger partial charge in [0.2, 0.25) is 5.91 Å². The molecule has 0 aromatic heterocycles. The number of β-amino-alcohol motifs (C(OH)–C–C–N with tert-alkyl or cyclic N) is 1. The number of carbonyl (C=O) groups excluding carboxylic acids is 1. The van der Waals surface area contributed by atoms with Crippen LogP contribution in [0, 0.1) is 0 Å². The fourth-order valence-corrected chi connectivity index (χ4v) is 1.37. The highest BCUT2D eigenvalue weighted by Gasteiger charge is 2.23. The van der Waals surface area contributed by atoms with E-state index in [4.69, 9.17) is 16.7 Å². The van der Waals surface area contributed by atoms with E-state index in [9.17, 15) is 4.79 Å². The molecular weight excluding hydrogens is 166 g/mol. The predicted molar refractivity (Wildman–Crippen MR) is 42.5 cm³/mol. The van der Waals surface area contributed by atoms with Crippen molar-refractivity contribution in [3.05, 3.63) is 0 Å². The van der Waals surface area contributed by atoms with E-state index >= 15 is 0 Å². The first kappa shape index (κ1) is 8.81. The number of aliphatic hydroxyl groups excluding tert-OH is 1. The van der Waals surface area contributed by atoms with Gasteiger partial charge in [-0.25, -0.2) is 0 Å². The smallest absolute Gasteiger partial charge is 0.223 e. The van der Waals surface area contributed by atoms with E-state index in [0.717, 1.165) is 0 Å². The molecule has 1 atom stereocenters. The predicted octanol–water partition coefficient (Wildman–Crippen LogP) is 0.208. The summed E-state index contributed by atoms with van der Waals surface area (Å²) in [5.41, 5.74) is 0. The van der Waals surface area contributed by atoms with Crippen LogP contribution in [0.1, 0.15) is 12.8 Å². The molecular formula is C7H12ClNO2. The number of aliphatic hydroxyl groups is 1. The third-order valence-electron chi connectivity index (χ3n) is 1.82. The first-order valence-corrected chi connectivity index (χ1v) is 4.29. The molecule has 1 aliphatic rings. The summed E-state index contributed by atoms with van der Waals surface area (Å²) in [5, 5.41) is 9.09. The minimum absolute atomic E-state index is 0.0524. The lowest BCUT2D eigenvalue weighted by atomic mass is 10.3. The Morgan fingerprint density at radius 2 is 2.45 bits per heavy atom. The van der Waals surface area contributed by atoms with Crippen molar-refractivity contribution in [3.8, 4) is 0 Å². The molecule has 1 aliphatic heterocycles. The molecule has 64 valence electrons. The van der Waals surface area contributed by atoms with Crippen LogP contribution >= 0.6 is 11.6 Å². The fourth-order valence-electron chi connectivity index (χ4n) is 1.21. The Morgan fingerprint density at radius 1 is 1.73 bits per heavy atom. The van der Waals surface area contributed by atoms with Crippen LogP contribution in [0.4, 0.5) is 0 Å². The van der Waals surface area contributed by atoms with Crippen LogP contribution in [0.5, 0.6) is 0 Å². The third kappa shape index (κ3) is 2.34. The zero-order valence-corrected chi connectivity index (χ0v) is 7.05. The fraction of sp³-hybridized carbons (Fsp3) is 0.857. The largest absolute Gasteiger partial charge is 0.391 e. The number of carbonyl (C=O) groups is 1. The van der Waals surface area contributed by atoms with E-state index in [1.165, 1.54) is 0 Å². The zero-order chi connectivity index (χ0) is 8.27. The number of rotatable bonds is 2. The highest BCUT2D eigenvalue weighted by molar-refractivity contribution is 6.18. The van der Waals surface area contributed by atoms with E-state index < -0.39 is 0 Å². The van der Waals surface area contributed by atoms with Gasteiger partial charge in [-0.1, -0.05) is 0 Å². The van der Waals surface area contributed by atoms with E-state index in [2.05, 4.69) is 0 Å². The van der Waals surface area contributed by atoms with Crippen molar-refractivity contribution in [1.29, 1.82) is 0 Å². The van der Waals surface area contributed by atoms with Crippen molar-refractivity contribution < 1.29 is 9.90 Å². The van der Waals surface area contributed by atoms with Crippen molar-refractivity contribution >= 4 is 17.5 Å². The summed E-state index contributed by atoms with van der Waals surface area (Å²) in [7, 11) is 0. The van der Waals surface area contributed by atoms with Crippen molar-refractivity contribution in [3.63, 3.8) is 0 Å². The minimum atomic E-state index is -0.325. The Bertz CT molecular complexity index is 151. The van der Waals surface area contributed by atoms with Gasteiger partial charge in [0.05, 0.1) is 6.10 Å². The van der Waals surface area contributed by atoms with Gasteiger partial charge in [0.25, 0.3) is 0 Å². The Balaban J connectivity index is 2.31. The maximum atomic E-state index is 11.1. The van der Waals surface area contributed by atoms with Crippen LogP contribution in [-0.4, -0.2) is 41.0 Å². The molecule has 0 radical (unpaired) electrons. The van der Waals surface area contributed by atoms with Gasteiger partial charge in [-0.05, 0) is 6.42 Å². The lowest BCUT2D eigenvalue weighted by molar-refractivity contribution is -0.130. The van der Waals surface area contributed by atoms with Crippen LogP contribution in [-0.2, 0) is 4.79 Å². The average Bonchev–Trinajstić information content (AvgIpc) is 2.36. The number of likely N-dealkylation sites (tertiary alicyclic amines) is 1. The molecule has 11 heavy (non-hydrogen) atoms. The molecule has 0 saturated carbocycles. The van der Waals surface area contributed by atoms with Gasteiger partial charge in [0, 0.05) is 25.4 Å². The second kappa shape index (κ2) is 3.93. The van der Waals surface area contributed by atoms with Crippen LogP contribution < -0.4 is 0 Å². The average molecular weight is 178 g/mol. The van der Waals surface area contributed by atoms with Gasteiger partial charge in [0.15, 0.2) is 0 Å². The number of amides is 1. The number of hydrogen-bond acceptors (Lipinski definition) is 2. The van der Waals surface area contributed by atoms with Gasteiger partial charge in [-0.3, -0.25) is 4.79 Å². The molecule has 0 bridgehead atoms. The number of hydrogen-bond donors (Lipinski definition) is 1. The Labute approximate surface area is 70.9 Å². The maximum absolute atomic E-state index is 11.1. The molecule has 4 heteroatoms. The summed E-state index contributed by atoms with van der Waals surface area (Å²) in [6.45, 7) is 1.16. The summed E-state index contributed by atoms with van der Waals surface area (Å²) < 4.78 is 0. The zero-order valence-electron chi connectivity index (χ0n) is 6.29. The second-order valence-corrected chi connectivity index (χ2v) is 3.10. The molecule has 0 spiro atoms. The van der Waals surface area contributed by atoms with Crippen molar-refractivity contribution in [2.75, 3.05) is 19.0 Å². The summed E-state index contributed by atoms with van der Waals surface area (Å²) >= 11 is 5.40. The Kier molecular flexibility index (Phi) is 3.15. The first-order valence-electron chi connectivity index (χ1n) is 3.76. The van der Waals surface area contributed by atoms with Crippen molar-refractivity contribution in [2.45, 2.75) is 18.9 Å². The van der Waals surface area contributed by atoms with Gasteiger partial charge < -0.3 is 10.0 Å². The summed E-state index contributed by atoms with van der Waals surface area (Å²) in [4.78, 5) is 12.8. The van der Waals surface area contributed by atoms with Gasteiger partial charge in [0.1, 0.15) is 0 Å². The Morgan fingerprint density at radius 3 is 2.91 bits per heavy atom. The topological polar surface area (TPSA) is 40.5 Å². The third-order valence-corrected chi connectivity index (χ3v) is 2.01. The Hall–Kier alpha value is -0.280. The molecule has 1 N–H and O–H groups in total. The normalized spacial score (nSPS) is 24.2. The first-order chi connectivity index (χ1) is 5.24. The minimum Gasteiger partial charge on any atom is -0.391 e. The lowest BCUT2D eigenvalue weighted by Crippen LogP contribution is -2.29. The van der Waals surface area contributed by atoms with Gasteiger partial charge >= 0.3 is 0 Å². The molecule has 1 saturated heterocycles. The molecule has 1 heterocycles. The van der Waals surface area contributed by atoms with Crippen LogP contribution in [0.15, 0.2) is 0 Å². The highest BCUT2D eigenvalue weighted by atomic mass is 35.5. The highest BCUT2D eigenvalue weighted by Crippen LogP contribution is 2.09. The van der Waals surface area contributed by atoms with Crippen molar-refractivity contribution in [2.24, 2.45) is 0 Å². The van der Waals surface area contributed by atoms with Gasteiger partial charge in [-0.15, -0.1) is 11.6 Å². The SMILES string of the molecule is O=C(CCCl)N1CC[C@@H](O)C1. The standard InChI is InChI=1S/C7H12ClNO2/c8-3-1-7(11)9-4-2-6(10)5-9/h6,10H,1-5H2/t6-/m1/s1.